The Morgan fingerprint density at radius 2 is 1.96 bits per heavy atom. The van der Waals surface area contributed by atoms with Gasteiger partial charge in [-0.1, -0.05) is 39.3 Å². The number of hydrogen-bond donors (Lipinski definition) is 2. The lowest BCUT2D eigenvalue weighted by molar-refractivity contribution is 0.0934. The molecule has 0 bridgehead atoms. The number of carbonyl (C=O) groups is 1. The van der Waals surface area contributed by atoms with Crippen molar-refractivity contribution < 1.29 is 9.53 Å². The van der Waals surface area contributed by atoms with Gasteiger partial charge in [0.15, 0.2) is 0 Å². The molecule has 0 fully saturated rings. The van der Waals surface area contributed by atoms with E-state index in [-0.39, 0.29) is 12.1 Å². The van der Waals surface area contributed by atoms with E-state index in [4.69, 9.17) is 4.74 Å². The van der Waals surface area contributed by atoms with E-state index in [0.717, 1.165) is 34.7 Å². The molecule has 144 valence electrons. The molecule has 0 saturated carbocycles. The molecule has 2 heterocycles. The maximum Gasteiger partial charge on any atom is 0.256 e. The van der Waals surface area contributed by atoms with Gasteiger partial charge >= 0.3 is 0 Å². The average Bonchev–Trinajstić information content (AvgIpc) is 3.06. The first-order valence-electron chi connectivity index (χ1n) is 9.79. The van der Waals surface area contributed by atoms with Gasteiger partial charge in [-0.15, -0.1) is 11.3 Å². The highest BCUT2D eigenvalue weighted by Crippen LogP contribution is 2.46. The Morgan fingerprint density at radius 1 is 1.22 bits per heavy atom. The summed E-state index contributed by atoms with van der Waals surface area (Å²) < 4.78 is 5.23. The van der Waals surface area contributed by atoms with Crippen LogP contribution in [0.15, 0.2) is 24.3 Å². The van der Waals surface area contributed by atoms with Gasteiger partial charge in [-0.25, -0.2) is 0 Å². The minimum atomic E-state index is -0.195. The summed E-state index contributed by atoms with van der Waals surface area (Å²) in [6, 6.07) is 7.84. The monoisotopic (exact) mass is 384 g/mol. The average molecular weight is 385 g/mol. The first kappa shape index (κ1) is 18.4. The molecule has 0 saturated heterocycles. The van der Waals surface area contributed by atoms with Crippen molar-refractivity contribution in [3.8, 4) is 5.75 Å². The molecular formula is C22H28N2O2S. The van der Waals surface area contributed by atoms with Crippen molar-refractivity contribution in [2.24, 2.45) is 11.3 Å². The molecule has 1 aromatic carbocycles. The van der Waals surface area contributed by atoms with Crippen LogP contribution in [0.5, 0.6) is 5.75 Å². The summed E-state index contributed by atoms with van der Waals surface area (Å²) in [5.74, 6) is 1.56. The first-order chi connectivity index (χ1) is 12.9. The van der Waals surface area contributed by atoms with Gasteiger partial charge in [-0.05, 0) is 53.9 Å². The normalized spacial score (nSPS) is 21.7. The number of carbonyl (C=O) groups excluding carboxylic acids is 1. The number of nitrogens with one attached hydrogen (secondary N) is 2. The van der Waals surface area contributed by atoms with Crippen molar-refractivity contribution >= 4 is 22.2 Å². The van der Waals surface area contributed by atoms with Crippen molar-refractivity contribution in [1.29, 1.82) is 0 Å². The van der Waals surface area contributed by atoms with E-state index in [1.807, 2.05) is 24.3 Å². The summed E-state index contributed by atoms with van der Waals surface area (Å²) in [5.41, 5.74) is 3.54. The minimum absolute atomic E-state index is 0.0512. The van der Waals surface area contributed by atoms with Gasteiger partial charge in [0, 0.05) is 4.88 Å². The Morgan fingerprint density at radius 3 is 2.63 bits per heavy atom. The van der Waals surface area contributed by atoms with Gasteiger partial charge in [0.2, 0.25) is 0 Å². The molecule has 5 heteroatoms. The van der Waals surface area contributed by atoms with Gasteiger partial charge in [-0.2, -0.15) is 0 Å². The highest BCUT2D eigenvalue weighted by Gasteiger charge is 2.37. The number of amides is 1. The lowest BCUT2D eigenvalue weighted by Gasteiger charge is -2.36. The fraction of sp³-hybridized carbons (Fsp3) is 0.500. The van der Waals surface area contributed by atoms with E-state index < -0.39 is 0 Å². The second kappa shape index (κ2) is 6.86. The van der Waals surface area contributed by atoms with Crippen LogP contribution in [-0.2, 0) is 12.8 Å². The standard InChI is InChI=1S/C22H28N2O2S/c1-5-22(2,3)14-8-11-16-17(12-14)27-21-18(16)20(25)23-19(24-21)13-6-9-15(26-4)10-7-13/h6-7,9-10,14,19,24H,5,8,11-12H2,1-4H3,(H,23,25). The molecule has 0 radical (unpaired) electrons. The predicted molar refractivity (Wildman–Crippen MR) is 111 cm³/mol. The number of anilines is 1. The Hall–Kier alpha value is -2.01. The molecular weight excluding hydrogens is 356 g/mol. The second-order valence-corrected chi connectivity index (χ2v) is 9.42. The zero-order valence-electron chi connectivity index (χ0n) is 16.5. The van der Waals surface area contributed by atoms with Crippen molar-refractivity contribution in [2.75, 3.05) is 12.4 Å². The van der Waals surface area contributed by atoms with Crippen LogP contribution in [0.25, 0.3) is 0 Å². The predicted octanol–water partition coefficient (Wildman–Crippen LogP) is 5.15. The molecule has 1 aliphatic heterocycles. The summed E-state index contributed by atoms with van der Waals surface area (Å²) >= 11 is 1.78. The first-order valence-corrected chi connectivity index (χ1v) is 10.6. The molecule has 2 aliphatic rings. The summed E-state index contributed by atoms with van der Waals surface area (Å²) in [5, 5.41) is 7.71. The Balaban J connectivity index is 1.60. The van der Waals surface area contributed by atoms with Gasteiger partial charge in [0.05, 0.1) is 12.7 Å². The third-order valence-corrected chi connectivity index (χ3v) is 7.69. The van der Waals surface area contributed by atoms with E-state index in [1.165, 1.54) is 23.3 Å². The molecule has 2 aromatic rings. The third-order valence-electron chi connectivity index (χ3n) is 6.51. The molecule has 2 unspecified atom stereocenters. The topological polar surface area (TPSA) is 50.4 Å². The smallest absolute Gasteiger partial charge is 0.256 e. The van der Waals surface area contributed by atoms with Gasteiger partial charge in [0.1, 0.15) is 16.9 Å². The lowest BCUT2D eigenvalue weighted by atomic mass is 9.69. The summed E-state index contributed by atoms with van der Waals surface area (Å²) in [6.07, 6.45) is 4.27. The highest BCUT2D eigenvalue weighted by molar-refractivity contribution is 7.16. The third kappa shape index (κ3) is 3.22. The molecule has 27 heavy (non-hydrogen) atoms. The lowest BCUT2D eigenvalue weighted by Crippen LogP contribution is -2.38. The maximum atomic E-state index is 12.9. The molecule has 2 atom stereocenters. The second-order valence-electron chi connectivity index (χ2n) is 8.31. The fourth-order valence-corrected chi connectivity index (χ4v) is 5.57. The van der Waals surface area contributed by atoms with Crippen LogP contribution in [0.1, 0.15) is 66.1 Å². The largest absolute Gasteiger partial charge is 0.497 e. The minimum Gasteiger partial charge on any atom is -0.497 e. The molecule has 1 aromatic heterocycles. The molecule has 4 rings (SSSR count). The molecule has 1 aliphatic carbocycles. The number of rotatable bonds is 4. The van der Waals surface area contributed by atoms with Crippen LogP contribution >= 0.6 is 11.3 Å². The fourth-order valence-electron chi connectivity index (χ4n) is 4.22. The quantitative estimate of drug-likeness (QED) is 0.766. The number of ether oxygens (including phenoxy) is 1. The number of benzene rings is 1. The van der Waals surface area contributed by atoms with E-state index in [9.17, 15) is 4.79 Å². The summed E-state index contributed by atoms with van der Waals surface area (Å²) in [7, 11) is 1.66. The van der Waals surface area contributed by atoms with Crippen molar-refractivity contribution in [3.05, 3.63) is 45.8 Å². The number of thiophene rings is 1. The number of methoxy groups -OCH3 is 1. The van der Waals surface area contributed by atoms with E-state index in [2.05, 4.69) is 31.4 Å². The zero-order valence-corrected chi connectivity index (χ0v) is 17.3. The Kier molecular flexibility index (Phi) is 4.66. The van der Waals surface area contributed by atoms with Crippen LogP contribution in [0, 0.1) is 11.3 Å². The number of fused-ring (bicyclic) bond motifs is 3. The van der Waals surface area contributed by atoms with Crippen LogP contribution < -0.4 is 15.4 Å². The maximum absolute atomic E-state index is 12.9. The molecule has 2 N–H and O–H groups in total. The van der Waals surface area contributed by atoms with Crippen LogP contribution in [0.4, 0.5) is 5.00 Å². The SMILES string of the molecule is CCC(C)(C)C1CCc2c(sc3c2C(=O)NC(c2ccc(OC)cc2)N3)C1. The Bertz CT molecular complexity index is 854. The molecule has 0 spiro atoms. The van der Waals surface area contributed by atoms with Crippen LogP contribution in [-0.4, -0.2) is 13.0 Å². The summed E-state index contributed by atoms with van der Waals surface area (Å²) in [4.78, 5) is 14.3. The Labute approximate surface area is 165 Å². The summed E-state index contributed by atoms with van der Waals surface area (Å²) in [6.45, 7) is 7.03. The molecule has 1 amide bonds. The highest BCUT2D eigenvalue weighted by atomic mass is 32.1. The van der Waals surface area contributed by atoms with Crippen LogP contribution in [0.3, 0.4) is 0 Å². The van der Waals surface area contributed by atoms with Crippen molar-refractivity contribution in [2.45, 2.75) is 52.6 Å². The van der Waals surface area contributed by atoms with E-state index in [1.54, 1.807) is 18.4 Å². The van der Waals surface area contributed by atoms with E-state index >= 15 is 0 Å². The van der Waals surface area contributed by atoms with Crippen LogP contribution in [0.2, 0.25) is 0 Å². The molecule has 4 nitrogen and oxygen atoms in total. The van der Waals surface area contributed by atoms with Gasteiger partial charge < -0.3 is 15.4 Å². The zero-order chi connectivity index (χ0) is 19.2. The van der Waals surface area contributed by atoms with Crippen molar-refractivity contribution in [3.63, 3.8) is 0 Å². The van der Waals surface area contributed by atoms with Gasteiger partial charge in [0.25, 0.3) is 5.91 Å². The van der Waals surface area contributed by atoms with Crippen molar-refractivity contribution in [1.82, 2.24) is 5.32 Å². The van der Waals surface area contributed by atoms with Gasteiger partial charge in [-0.3, -0.25) is 4.79 Å². The number of hydrogen-bond acceptors (Lipinski definition) is 4. The van der Waals surface area contributed by atoms with E-state index in [0.29, 0.717) is 11.3 Å².